The molecule has 502 valence electrons. The monoisotopic (exact) mass is 1190 g/mol. The van der Waals surface area contributed by atoms with Crippen molar-refractivity contribution >= 4 is 11.9 Å². The quantitative estimate of drug-likeness (QED) is 0.0320. The molecule has 2 atom stereocenters. The molecule has 2 unspecified atom stereocenters. The number of aliphatic hydroxyl groups is 2. The molecule has 0 saturated heterocycles. The molecule has 0 aromatic heterocycles. The first-order valence-corrected chi connectivity index (χ1v) is 38.8. The number of esters is 1. The highest BCUT2D eigenvalue weighted by Crippen LogP contribution is 2.19. The number of ether oxygens (including phenoxy) is 1. The van der Waals surface area contributed by atoms with Gasteiger partial charge in [-0.1, -0.05) is 371 Å². The minimum Gasteiger partial charge on any atom is -0.466 e. The number of hydrogen-bond donors (Lipinski definition) is 3. The normalized spacial score (nSPS) is 12.7. The topological polar surface area (TPSA) is 95.9 Å². The van der Waals surface area contributed by atoms with Crippen LogP contribution in [0.2, 0.25) is 0 Å². The van der Waals surface area contributed by atoms with Gasteiger partial charge in [-0.2, -0.15) is 0 Å². The molecule has 0 rings (SSSR count). The number of amides is 1. The maximum absolute atomic E-state index is 12.5. The van der Waals surface area contributed by atoms with Crippen LogP contribution in [0.4, 0.5) is 0 Å². The second kappa shape index (κ2) is 74.5. The highest BCUT2D eigenvalue weighted by Gasteiger charge is 2.18. The number of aliphatic hydroxyl groups excluding tert-OH is 2. The van der Waals surface area contributed by atoms with Gasteiger partial charge in [0.15, 0.2) is 0 Å². The lowest BCUT2D eigenvalue weighted by Gasteiger charge is -2.20. The van der Waals surface area contributed by atoms with Gasteiger partial charge in [0.05, 0.1) is 25.4 Å². The van der Waals surface area contributed by atoms with Crippen LogP contribution >= 0.6 is 0 Å². The van der Waals surface area contributed by atoms with Crippen molar-refractivity contribution in [3.05, 3.63) is 36.5 Å². The van der Waals surface area contributed by atoms with Crippen molar-refractivity contribution in [1.29, 1.82) is 0 Å². The van der Waals surface area contributed by atoms with Gasteiger partial charge >= 0.3 is 5.97 Å². The van der Waals surface area contributed by atoms with Crippen molar-refractivity contribution in [2.75, 3.05) is 13.2 Å². The van der Waals surface area contributed by atoms with Gasteiger partial charge in [0.2, 0.25) is 5.91 Å². The van der Waals surface area contributed by atoms with E-state index >= 15 is 0 Å². The van der Waals surface area contributed by atoms with Crippen molar-refractivity contribution in [2.45, 2.75) is 443 Å². The van der Waals surface area contributed by atoms with E-state index in [1.165, 1.54) is 360 Å². The second-order valence-electron chi connectivity index (χ2n) is 26.7. The van der Waals surface area contributed by atoms with Crippen LogP contribution in [0.15, 0.2) is 36.5 Å². The zero-order chi connectivity index (χ0) is 61.3. The Morgan fingerprint density at radius 3 is 0.835 bits per heavy atom. The van der Waals surface area contributed by atoms with Crippen LogP contribution in [0.1, 0.15) is 431 Å². The lowest BCUT2D eigenvalue weighted by Crippen LogP contribution is -2.45. The molecule has 0 fully saturated rings. The molecule has 0 saturated carbocycles. The SMILES string of the molecule is CCCCCCC/C=C\CCCCCCCC(=O)OCCCCCCCCCCCCCCCCCC/C=C\CCCCCCCCCCCCCCCCCCCC(=O)NC(CO)C(O)/C=C/CCCCCCCCCCCCCCCCC. The smallest absolute Gasteiger partial charge is 0.305 e. The first-order valence-electron chi connectivity index (χ1n) is 38.8. The number of allylic oxidation sites excluding steroid dienone is 5. The molecular formula is C79H151NO5. The van der Waals surface area contributed by atoms with Gasteiger partial charge in [-0.05, 0) is 83.5 Å². The third-order valence-electron chi connectivity index (χ3n) is 18.1. The molecule has 6 nitrogen and oxygen atoms in total. The summed E-state index contributed by atoms with van der Waals surface area (Å²) in [6, 6.07) is -0.625. The fraction of sp³-hybridized carbons (Fsp3) is 0.899. The van der Waals surface area contributed by atoms with Crippen LogP contribution in [0, 0.1) is 0 Å². The van der Waals surface area contributed by atoms with Crippen molar-refractivity contribution in [2.24, 2.45) is 0 Å². The minimum absolute atomic E-state index is 0.0132. The highest BCUT2D eigenvalue weighted by molar-refractivity contribution is 5.76. The summed E-state index contributed by atoms with van der Waals surface area (Å²) in [5.74, 6) is -0.0475. The molecular weight excluding hydrogens is 1040 g/mol. The lowest BCUT2D eigenvalue weighted by atomic mass is 10.0. The third-order valence-corrected chi connectivity index (χ3v) is 18.1. The van der Waals surface area contributed by atoms with Gasteiger partial charge < -0.3 is 20.3 Å². The third kappa shape index (κ3) is 71.0. The van der Waals surface area contributed by atoms with Crippen molar-refractivity contribution in [1.82, 2.24) is 5.32 Å². The van der Waals surface area contributed by atoms with Gasteiger partial charge in [0, 0.05) is 12.8 Å². The molecule has 0 spiro atoms. The lowest BCUT2D eigenvalue weighted by molar-refractivity contribution is -0.143. The van der Waals surface area contributed by atoms with Crippen molar-refractivity contribution in [3.63, 3.8) is 0 Å². The first kappa shape index (κ1) is 83.1. The summed E-state index contributed by atoms with van der Waals surface area (Å²) < 4.78 is 5.49. The molecule has 6 heteroatoms. The molecule has 0 aliphatic heterocycles. The number of hydrogen-bond acceptors (Lipinski definition) is 5. The standard InChI is InChI=1S/C79H151NO5/c1-3-5-7-9-11-13-15-17-19-41-44-47-51-55-59-63-67-71-77(82)76(75-81)80-78(83)72-68-64-60-56-52-48-45-42-39-37-35-33-31-29-27-25-23-21-20-22-24-26-28-30-32-34-36-38-40-43-46-50-54-58-62-66-70-74-85-79(84)73-69-65-61-57-53-49-18-16-14-12-10-8-6-4-2/h16,18,20,22,67,71,76-77,81-82H,3-15,17,19,21,23-66,68-70,72-75H2,1-2H3,(H,80,83)/b18-16-,22-20-,71-67+. The molecule has 0 aliphatic rings. The fourth-order valence-corrected chi connectivity index (χ4v) is 12.2. The summed E-state index contributed by atoms with van der Waals surface area (Å²) in [6.07, 6.45) is 96.9. The highest BCUT2D eigenvalue weighted by atomic mass is 16.5. The molecule has 85 heavy (non-hydrogen) atoms. The molecule has 0 heterocycles. The summed E-state index contributed by atoms with van der Waals surface area (Å²) in [7, 11) is 0. The van der Waals surface area contributed by atoms with Gasteiger partial charge in [-0.3, -0.25) is 9.59 Å². The van der Waals surface area contributed by atoms with Crippen molar-refractivity contribution in [3.8, 4) is 0 Å². The Labute approximate surface area is 532 Å². The Morgan fingerprint density at radius 1 is 0.318 bits per heavy atom. The van der Waals surface area contributed by atoms with E-state index in [9.17, 15) is 19.8 Å². The Bertz CT molecular complexity index is 1380. The Balaban J connectivity index is 3.35. The van der Waals surface area contributed by atoms with Crippen LogP contribution in [-0.4, -0.2) is 47.4 Å². The van der Waals surface area contributed by atoms with E-state index in [4.69, 9.17) is 4.74 Å². The largest absolute Gasteiger partial charge is 0.466 e. The van der Waals surface area contributed by atoms with Crippen LogP contribution in [0.3, 0.4) is 0 Å². The van der Waals surface area contributed by atoms with E-state index < -0.39 is 12.1 Å². The molecule has 1 amide bonds. The fourth-order valence-electron chi connectivity index (χ4n) is 12.2. The predicted octanol–water partition coefficient (Wildman–Crippen LogP) is 25.4. The Hall–Kier alpha value is -1.92. The molecule has 0 aliphatic carbocycles. The molecule has 0 radical (unpaired) electrons. The number of nitrogens with one attached hydrogen (secondary N) is 1. The van der Waals surface area contributed by atoms with Crippen LogP contribution in [0.5, 0.6) is 0 Å². The van der Waals surface area contributed by atoms with Crippen LogP contribution in [-0.2, 0) is 14.3 Å². The maximum atomic E-state index is 12.5. The maximum Gasteiger partial charge on any atom is 0.305 e. The van der Waals surface area contributed by atoms with Crippen LogP contribution < -0.4 is 5.32 Å². The van der Waals surface area contributed by atoms with E-state index in [1.807, 2.05) is 6.08 Å². The number of rotatable bonds is 73. The summed E-state index contributed by atoms with van der Waals surface area (Å²) >= 11 is 0. The summed E-state index contributed by atoms with van der Waals surface area (Å²) in [5, 5.41) is 23.2. The predicted molar refractivity (Wildman–Crippen MR) is 375 cm³/mol. The molecule has 0 aromatic carbocycles. The Kier molecular flexibility index (Phi) is 72.9. The number of carbonyl (C=O) groups excluding carboxylic acids is 2. The summed E-state index contributed by atoms with van der Waals surface area (Å²) in [6.45, 7) is 4.93. The van der Waals surface area contributed by atoms with E-state index in [0.717, 1.165) is 44.9 Å². The van der Waals surface area contributed by atoms with Crippen LogP contribution in [0.25, 0.3) is 0 Å². The van der Waals surface area contributed by atoms with E-state index in [2.05, 4.69) is 43.5 Å². The average molecular weight is 1200 g/mol. The molecule has 0 bridgehead atoms. The second-order valence-corrected chi connectivity index (χ2v) is 26.7. The van der Waals surface area contributed by atoms with E-state index in [1.54, 1.807) is 6.08 Å². The van der Waals surface area contributed by atoms with Crippen molar-refractivity contribution < 1.29 is 24.5 Å². The zero-order valence-corrected chi connectivity index (χ0v) is 57.6. The van der Waals surface area contributed by atoms with Gasteiger partial charge in [0.1, 0.15) is 0 Å². The Morgan fingerprint density at radius 2 is 0.553 bits per heavy atom. The summed E-state index contributed by atoms with van der Waals surface area (Å²) in [4.78, 5) is 24.6. The average Bonchev–Trinajstić information content (AvgIpc) is 3.50. The van der Waals surface area contributed by atoms with E-state index in [-0.39, 0.29) is 18.5 Å². The summed E-state index contributed by atoms with van der Waals surface area (Å²) in [5.41, 5.74) is 0. The molecule has 0 aromatic rings. The van der Waals surface area contributed by atoms with Gasteiger partial charge in [0.25, 0.3) is 0 Å². The minimum atomic E-state index is -0.842. The number of carbonyl (C=O) groups is 2. The number of unbranched alkanes of at least 4 members (excludes halogenated alkanes) is 58. The first-order chi connectivity index (χ1) is 42.0. The molecule has 3 N–H and O–H groups in total. The van der Waals surface area contributed by atoms with Gasteiger partial charge in [-0.15, -0.1) is 0 Å². The van der Waals surface area contributed by atoms with Gasteiger partial charge in [-0.25, -0.2) is 0 Å². The van der Waals surface area contributed by atoms with E-state index in [0.29, 0.717) is 19.4 Å². The zero-order valence-electron chi connectivity index (χ0n) is 57.6.